The second-order valence-electron chi connectivity index (χ2n) is 7.39. The highest BCUT2D eigenvalue weighted by molar-refractivity contribution is 7.99. The Bertz CT molecular complexity index is 1250. The summed E-state index contributed by atoms with van der Waals surface area (Å²) in [6.45, 7) is 2.60. The molecule has 32 heavy (non-hydrogen) atoms. The van der Waals surface area contributed by atoms with E-state index in [0.29, 0.717) is 39.1 Å². The molecule has 1 aliphatic carbocycles. The topological polar surface area (TPSA) is 64.4 Å². The van der Waals surface area contributed by atoms with E-state index in [1.807, 2.05) is 24.0 Å². The third-order valence-electron chi connectivity index (χ3n) is 5.44. The fraction of sp³-hybridized carbons (Fsp3) is 0.292. The third-order valence-corrected chi connectivity index (χ3v) is 6.66. The second-order valence-corrected chi connectivity index (χ2v) is 8.73. The van der Waals surface area contributed by atoms with Crippen LogP contribution in [0.15, 0.2) is 64.2 Å². The Kier molecular flexibility index (Phi) is 6.86. The molecule has 2 aromatic carbocycles. The van der Waals surface area contributed by atoms with Crippen molar-refractivity contribution in [1.82, 2.24) is 14.5 Å². The molecular weight excluding hydrogens is 446 g/mol. The summed E-state index contributed by atoms with van der Waals surface area (Å²) in [4.78, 5) is 32.9. The van der Waals surface area contributed by atoms with Crippen LogP contribution >= 0.6 is 23.4 Å². The van der Waals surface area contributed by atoms with E-state index >= 15 is 0 Å². The number of hydrogen-bond acceptors (Lipinski definition) is 5. The van der Waals surface area contributed by atoms with Crippen LogP contribution in [0, 0.1) is 0 Å². The van der Waals surface area contributed by atoms with E-state index in [0.717, 1.165) is 25.0 Å². The number of methoxy groups -OCH3 is 1. The standard InChI is InChI=1S/C24H24ClN3O3S/c1-3-27(16-8-4-5-9-16)22(29)15-32-24-26-20-11-7-6-10-18(20)23(30)28(24)17-12-13-21(31-2)19(25)14-17/h6-8,10-14H,3-5,9,15H2,1-2H3. The lowest BCUT2D eigenvalue weighted by Gasteiger charge is -2.22. The summed E-state index contributed by atoms with van der Waals surface area (Å²) < 4.78 is 6.75. The highest BCUT2D eigenvalue weighted by Crippen LogP contribution is 2.29. The number of para-hydroxylation sites is 1. The van der Waals surface area contributed by atoms with E-state index in [9.17, 15) is 9.59 Å². The maximum atomic E-state index is 13.4. The van der Waals surface area contributed by atoms with Crippen molar-refractivity contribution < 1.29 is 9.53 Å². The minimum Gasteiger partial charge on any atom is -0.495 e. The number of fused-ring (bicyclic) bond motifs is 1. The van der Waals surface area contributed by atoms with Gasteiger partial charge in [-0.2, -0.15) is 0 Å². The molecule has 1 amide bonds. The van der Waals surface area contributed by atoms with Gasteiger partial charge in [0.2, 0.25) is 5.91 Å². The largest absolute Gasteiger partial charge is 0.495 e. The van der Waals surface area contributed by atoms with Gasteiger partial charge < -0.3 is 9.64 Å². The van der Waals surface area contributed by atoms with Crippen molar-refractivity contribution in [1.29, 1.82) is 0 Å². The number of amides is 1. The van der Waals surface area contributed by atoms with Crippen LogP contribution in [-0.2, 0) is 4.79 Å². The van der Waals surface area contributed by atoms with Gasteiger partial charge in [0.05, 0.1) is 34.5 Å². The summed E-state index contributed by atoms with van der Waals surface area (Å²) in [6, 6.07) is 12.3. The summed E-state index contributed by atoms with van der Waals surface area (Å²) >= 11 is 7.58. The zero-order chi connectivity index (χ0) is 22.7. The van der Waals surface area contributed by atoms with Crippen molar-refractivity contribution in [2.24, 2.45) is 0 Å². The predicted molar refractivity (Wildman–Crippen MR) is 129 cm³/mol. The number of rotatable bonds is 7. The number of allylic oxidation sites excluding steroid dienone is 2. The van der Waals surface area contributed by atoms with E-state index in [1.165, 1.54) is 23.4 Å². The minimum absolute atomic E-state index is 0.00682. The lowest BCUT2D eigenvalue weighted by Crippen LogP contribution is -2.31. The summed E-state index contributed by atoms with van der Waals surface area (Å²) in [7, 11) is 1.54. The van der Waals surface area contributed by atoms with Crippen LogP contribution in [0.3, 0.4) is 0 Å². The van der Waals surface area contributed by atoms with Gasteiger partial charge in [-0.3, -0.25) is 14.2 Å². The third kappa shape index (κ3) is 4.40. The lowest BCUT2D eigenvalue weighted by molar-refractivity contribution is -0.126. The number of hydrogen-bond donors (Lipinski definition) is 0. The Morgan fingerprint density at radius 2 is 2.09 bits per heavy atom. The summed E-state index contributed by atoms with van der Waals surface area (Å²) in [5.41, 5.74) is 2.04. The Morgan fingerprint density at radius 1 is 1.28 bits per heavy atom. The molecule has 0 saturated heterocycles. The fourth-order valence-corrected chi connectivity index (χ4v) is 5.01. The van der Waals surface area contributed by atoms with Crippen LogP contribution in [-0.4, -0.2) is 39.8 Å². The van der Waals surface area contributed by atoms with Crippen LogP contribution in [0.4, 0.5) is 0 Å². The quantitative estimate of drug-likeness (QED) is 0.357. The van der Waals surface area contributed by atoms with E-state index in [2.05, 4.69) is 6.08 Å². The number of halogens is 1. The molecule has 0 unspecified atom stereocenters. The Balaban J connectivity index is 1.73. The number of nitrogens with zero attached hydrogens (tertiary/aromatic N) is 3. The molecular formula is C24H24ClN3O3S. The van der Waals surface area contributed by atoms with E-state index in [-0.39, 0.29) is 17.2 Å². The van der Waals surface area contributed by atoms with Crippen LogP contribution in [0.25, 0.3) is 16.6 Å². The maximum Gasteiger partial charge on any atom is 0.266 e. The van der Waals surface area contributed by atoms with E-state index in [1.54, 1.807) is 30.3 Å². The normalized spacial score (nSPS) is 13.3. The molecule has 8 heteroatoms. The molecule has 1 heterocycles. The van der Waals surface area contributed by atoms with Crippen molar-refractivity contribution >= 4 is 40.2 Å². The molecule has 0 bridgehead atoms. The zero-order valence-corrected chi connectivity index (χ0v) is 19.6. The number of aromatic nitrogens is 2. The molecule has 0 aliphatic heterocycles. The molecule has 0 N–H and O–H groups in total. The van der Waals surface area contributed by atoms with Gasteiger partial charge in [0, 0.05) is 12.2 Å². The average molecular weight is 470 g/mol. The molecule has 3 aromatic rings. The van der Waals surface area contributed by atoms with Crippen molar-refractivity contribution in [2.45, 2.75) is 31.3 Å². The first kappa shape index (κ1) is 22.4. The number of carbonyl (C=O) groups excluding carboxylic acids is 1. The molecule has 6 nitrogen and oxygen atoms in total. The maximum absolute atomic E-state index is 13.4. The summed E-state index contributed by atoms with van der Waals surface area (Å²) in [5, 5.41) is 1.34. The van der Waals surface area contributed by atoms with E-state index < -0.39 is 0 Å². The van der Waals surface area contributed by atoms with Crippen molar-refractivity contribution in [3.63, 3.8) is 0 Å². The van der Waals surface area contributed by atoms with Gasteiger partial charge in [0.15, 0.2) is 5.16 Å². The summed E-state index contributed by atoms with van der Waals surface area (Å²) in [5.74, 6) is 0.706. The molecule has 1 aromatic heterocycles. The van der Waals surface area contributed by atoms with Gasteiger partial charge in [0.1, 0.15) is 5.75 Å². The van der Waals surface area contributed by atoms with Gasteiger partial charge >= 0.3 is 0 Å². The number of ether oxygens (including phenoxy) is 1. The highest BCUT2D eigenvalue weighted by atomic mass is 35.5. The Morgan fingerprint density at radius 3 is 2.78 bits per heavy atom. The van der Waals surface area contributed by atoms with Gasteiger partial charge in [0.25, 0.3) is 5.56 Å². The number of carbonyl (C=O) groups is 1. The van der Waals surface area contributed by atoms with Crippen LogP contribution in [0.5, 0.6) is 5.75 Å². The van der Waals surface area contributed by atoms with Gasteiger partial charge in [-0.1, -0.05) is 41.6 Å². The Labute approximate surface area is 195 Å². The first-order chi connectivity index (χ1) is 15.5. The zero-order valence-electron chi connectivity index (χ0n) is 18.0. The number of thioether (sulfide) groups is 1. The molecule has 0 saturated carbocycles. The SMILES string of the molecule is CCN(C(=O)CSc1nc2ccccc2c(=O)n1-c1ccc(OC)c(Cl)c1)C1=CCCC1. The lowest BCUT2D eigenvalue weighted by atomic mass is 10.2. The molecule has 1 aliphatic rings. The van der Waals surface area contributed by atoms with Crippen LogP contribution < -0.4 is 10.3 Å². The molecule has 0 fully saturated rings. The smallest absolute Gasteiger partial charge is 0.266 e. The Hall–Kier alpha value is -2.77. The van der Waals surface area contributed by atoms with Crippen LogP contribution in [0.1, 0.15) is 26.2 Å². The second kappa shape index (κ2) is 9.79. The molecule has 4 rings (SSSR count). The highest BCUT2D eigenvalue weighted by Gasteiger charge is 2.21. The molecule has 166 valence electrons. The summed E-state index contributed by atoms with van der Waals surface area (Å²) in [6.07, 6.45) is 5.15. The minimum atomic E-state index is -0.211. The van der Waals surface area contributed by atoms with E-state index in [4.69, 9.17) is 21.3 Å². The first-order valence-corrected chi connectivity index (χ1v) is 11.9. The fourth-order valence-electron chi connectivity index (χ4n) is 3.87. The van der Waals surface area contributed by atoms with Crippen LogP contribution in [0.2, 0.25) is 5.02 Å². The van der Waals surface area contributed by atoms with Gasteiger partial charge in [-0.25, -0.2) is 4.98 Å². The molecule has 0 atom stereocenters. The van der Waals surface area contributed by atoms with Gasteiger partial charge in [-0.05, 0) is 56.5 Å². The average Bonchev–Trinajstić information content (AvgIpc) is 3.33. The van der Waals surface area contributed by atoms with Crippen molar-refractivity contribution in [2.75, 3.05) is 19.4 Å². The van der Waals surface area contributed by atoms with Crippen molar-refractivity contribution in [3.8, 4) is 11.4 Å². The molecule has 0 spiro atoms. The predicted octanol–water partition coefficient (Wildman–Crippen LogP) is 5.06. The molecule has 0 radical (unpaired) electrons. The first-order valence-electron chi connectivity index (χ1n) is 10.5. The monoisotopic (exact) mass is 469 g/mol. The van der Waals surface area contributed by atoms with Crippen molar-refractivity contribution in [3.05, 3.63) is 69.6 Å². The number of benzene rings is 2. The van der Waals surface area contributed by atoms with Gasteiger partial charge in [-0.15, -0.1) is 0 Å².